The van der Waals surface area contributed by atoms with E-state index in [0.29, 0.717) is 31.0 Å². The van der Waals surface area contributed by atoms with Crippen LogP contribution in [0.3, 0.4) is 0 Å². The zero-order valence-electron chi connectivity index (χ0n) is 15.2. The van der Waals surface area contributed by atoms with Crippen molar-refractivity contribution in [3.05, 3.63) is 0 Å². The van der Waals surface area contributed by atoms with E-state index < -0.39 is 0 Å². The van der Waals surface area contributed by atoms with Gasteiger partial charge in [-0.3, -0.25) is 9.69 Å². The van der Waals surface area contributed by atoms with Gasteiger partial charge in [0.25, 0.3) is 0 Å². The molecule has 0 amide bonds. The predicted octanol–water partition coefficient (Wildman–Crippen LogP) is 3.59. The number of fused-ring (bicyclic) bond motifs is 2. The molecule has 2 heterocycles. The third kappa shape index (κ3) is 3.43. The Hall–Kier alpha value is -0.610. The Bertz CT molecular complexity index is 436. The van der Waals surface area contributed by atoms with Crippen molar-refractivity contribution < 1.29 is 14.3 Å². The number of carbonyl (C=O) groups is 1. The number of piperidine rings is 1. The SMILES string of the molecule is CCOC(=O)C[C@H]1CC[C@@H]2O[C@@H]3C[C@H](C)CC[C@H]3C(C)(C)N2C1. The lowest BCUT2D eigenvalue weighted by molar-refractivity contribution is -0.249. The molecule has 2 saturated heterocycles. The van der Waals surface area contributed by atoms with Crippen LogP contribution < -0.4 is 0 Å². The van der Waals surface area contributed by atoms with Gasteiger partial charge >= 0.3 is 5.97 Å². The van der Waals surface area contributed by atoms with Gasteiger partial charge in [0.2, 0.25) is 0 Å². The van der Waals surface area contributed by atoms with E-state index in [1.54, 1.807) is 0 Å². The van der Waals surface area contributed by atoms with E-state index in [4.69, 9.17) is 9.47 Å². The molecule has 132 valence electrons. The highest BCUT2D eigenvalue weighted by Gasteiger charge is 2.51. The molecule has 0 aromatic carbocycles. The molecular weight excluding hydrogens is 290 g/mol. The molecule has 4 nitrogen and oxygen atoms in total. The van der Waals surface area contributed by atoms with Gasteiger partial charge in [-0.05, 0) is 58.3 Å². The van der Waals surface area contributed by atoms with Crippen LogP contribution in [0, 0.1) is 17.8 Å². The molecule has 4 heteroatoms. The van der Waals surface area contributed by atoms with Crippen LogP contribution in [-0.4, -0.2) is 41.9 Å². The zero-order chi connectivity index (χ0) is 16.6. The van der Waals surface area contributed by atoms with Gasteiger partial charge in [0.1, 0.15) is 6.23 Å². The second-order valence-electron chi connectivity index (χ2n) is 8.41. The maximum atomic E-state index is 11.8. The molecule has 0 radical (unpaired) electrons. The molecule has 0 N–H and O–H groups in total. The maximum Gasteiger partial charge on any atom is 0.306 e. The van der Waals surface area contributed by atoms with E-state index in [1.807, 2.05) is 6.92 Å². The van der Waals surface area contributed by atoms with Gasteiger partial charge in [-0.15, -0.1) is 0 Å². The van der Waals surface area contributed by atoms with Crippen molar-refractivity contribution in [1.29, 1.82) is 0 Å². The van der Waals surface area contributed by atoms with Gasteiger partial charge in [-0.25, -0.2) is 0 Å². The van der Waals surface area contributed by atoms with Crippen LogP contribution in [0.2, 0.25) is 0 Å². The maximum absolute atomic E-state index is 11.8. The fraction of sp³-hybridized carbons (Fsp3) is 0.947. The second kappa shape index (κ2) is 6.72. The summed E-state index contributed by atoms with van der Waals surface area (Å²) in [5.74, 6) is 1.78. The number of esters is 1. The molecule has 0 unspecified atom stereocenters. The molecule has 0 aromatic heterocycles. The highest BCUT2D eigenvalue weighted by molar-refractivity contribution is 5.69. The minimum atomic E-state index is -0.0453. The Balaban J connectivity index is 1.68. The van der Waals surface area contributed by atoms with E-state index in [2.05, 4.69) is 25.7 Å². The molecule has 3 aliphatic rings. The zero-order valence-corrected chi connectivity index (χ0v) is 15.2. The van der Waals surface area contributed by atoms with Crippen molar-refractivity contribution in [1.82, 2.24) is 4.90 Å². The number of hydrogen-bond acceptors (Lipinski definition) is 4. The van der Waals surface area contributed by atoms with Crippen LogP contribution >= 0.6 is 0 Å². The van der Waals surface area contributed by atoms with Gasteiger partial charge in [0.15, 0.2) is 0 Å². The van der Waals surface area contributed by atoms with Crippen molar-refractivity contribution in [3.63, 3.8) is 0 Å². The summed E-state index contributed by atoms with van der Waals surface area (Å²) in [6, 6.07) is 0. The Morgan fingerprint density at radius 3 is 2.78 bits per heavy atom. The summed E-state index contributed by atoms with van der Waals surface area (Å²) < 4.78 is 11.7. The van der Waals surface area contributed by atoms with E-state index >= 15 is 0 Å². The van der Waals surface area contributed by atoms with Crippen molar-refractivity contribution in [2.75, 3.05) is 13.2 Å². The lowest BCUT2D eigenvalue weighted by Crippen LogP contribution is -2.66. The van der Waals surface area contributed by atoms with Crippen LogP contribution in [0.1, 0.15) is 66.2 Å². The molecule has 23 heavy (non-hydrogen) atoms. The van der Waals surface area contributed by atoms with Crippen LogP contribution in [-0.2, 0) is 14.3 Å². The molecule has 5 atom stereocenters. The molecule has 1 aliphatic carbocycles. The minimum absolute atomic E-state index is 0.0453. The first kappa shape index (κ1) is 17.2. The monoisotopic (exact) mass is 323 g/mol. The quantitative estimate of drug-likeness (QED) is 0.744. The fourth-order valence-corrected chi connectivity index (χ4v) is 5.09. The van der Waals surface area contributed by atoms with Crippen molar-refractivity contribution in [2.45, 2.75) is 84.1 Å². The van der Waals surface area contributed by atoms with E-state index in [9.17, 15) is 4.79 Å². The summed E-state index contributed by atoms with van der Waals surface area (Å²) in [7, 11) is 0. The molecule has 3 fully saturated rings. The Labute approximate surface area is 140 Å². The van der Waals surface area contributed by atoms with Crippen LogP contribution in [0.15, 0.2) is 0 Å². The standard InChI is InChI=1S/C19H33NO3/c1-5-22-18(21)11-14-7-9-17-20(12-14)19(3,4)15-8-6-13(2)10-16(15)23-17/h13-17H,5-12H2,1-4H3/t13-,14-,15-,16-,17+/m1/s1. The van der Waals surface area contributed by atoms with Crippen molar-refractivity contribution in [2.24, 2.45) is 17.8 Å². The summed E-state index contributed by atoms with van der Waals surface area (Å²) in [5.41, 5.74) is 0.168. The van der Waals surface area contributed by atoms with Crippen molar-refractivity contribution >= 4 is 5.97 Å². The number of ether oxygens (including phenoxy) is 2. The first-order valence-electron chi connectivity index (χ1n) is 9.49. The van der Waals surface area contributed by atoms with Crippen LogP contribution in [0.25, 0.3) is 0 Å². The third-order valence-electron chi connectivity index (χ3n) is 6.42. The third-order valence-corrected chi connectivity index (χ3v) is 6.42. The number of hydrogen-bond donors (Lipinski definition) is 0. The molecular formula is C19H33NO3. The van der Waals surface area contributed by atoms with E-state index in [1.165, 1.54) is 19.3 Å². The number of nitrogens with zero attached hydrogens (tertiary/aromatic N) is 1. The summed E-state index contributed by atoms with van der Waals surface area (Å²) in [4.78, 5) is 14.4. The van der Waals surface area contributed by atoms with Gasteiger partial charge in [-0.1, -0.05) is 13.3 Å². The average Bonchev–Trinajstić information content (AvgIpc) is 2.48. The van der Waals surface area contributed by atoms with Gasteiger partial charge in [-0.2, -0.15) is 0 Å². The first-order chi connectivity index (χ1) is 10.9. The predicted molar refractivity (Wildman–Crippen MR) is 89.9 cm³/mol. The normalized spacial score (nSPS) is 40.1. The fourth-order valence-electron chi connectivity index (χ4n) is 5.09. The highest BCUT2D eigenvalue weighted by atomic mass is 16.5. The molecule has 0 spiro atoms. The van der Waals surface area contributed by atoms with Crippen LogP contribution in [0.5, 0.6) is 0 Å². The lowest BCUT2D eigenvalue weighted by Gasteiger charge is -2.59. The van der Waals surface area contributed by atoms with E-state index in [0.717, 1.165) is 25.3 Å². The number of carbonyl (C=O) groups excluding carboxylic acids is 1. The molecule has 0 aromatic rings. The topological polar surface area (TPSA) is 38.8 Å². The summed E-state index contributed by atoms with van der Waals surface area (Å²) in [5, 5.41) is 0. The Morgan fingerprint density at radius 2 is 2.04 bits per heavy atom. The summed E-state index contributed by atoms with van der Waals surface area (Å²) in [6.07, 6.45) is 7.15. The Kier molecular flexibility index (Phi) is 5.03. The Morgan fingerprint density at radius 1 is 1.26 bits per heavy atom. The molecule has 3 rings (SSSR count). The lowest BCUT2D eigenvalue weighted by atomic mass is 9.69. The van der Waals surface area contributed by atoms with Gasteiger partial charge < -0.3 is 9.47 Å². The number of rotatable bonds is 3. The second-order valence-corrected chi connectivity index (χ2v) is 8.41. The van der Waals surface area contributed by atoms with Gasteiger partial charge in [0, 0.05) is 24.4 Å². The van der Waals surface area contributed by atoms with Crippen molar-refractivity contribution in [3.8, 4) is 0 Å². The smallest absolute Gasteiger partial charge is 0.306 e. The van der Waals surface area contributed by atoms with Crippen LogP contribution in [0.4, 0.5) is 0 Å². The molecule has 0 bridgehead atoms. The first-order valence-corrected chi connectivity index (χ1v) is 9.49. The largest absolute Gasteiger partial charge is 0.466 e. The van der Waals surface area contributed by atoms with E-state index in [-0.39, 0.29) is 17.7 Å². The molecule has 1 saturated carbocycles. The molecule has 2 aliphatic heterocycles. The van der Waals surface area contributed by atoms with Gasteiger partial charge in [0.05, 0.1) is 12.7 Å². The highest BCUT2D eigenvalue weighted by Crippen LogP contribution is 2.47. The average molecular weight is 323 g/mol. The summed E-state index contributed by atoms with van der Waals surface area (Å²) >= 11 is 0. The summed E-state index contributed by atoms with van der Waals surface area (Å²) in [6.45, 7) is 10.5. The minimum Gasteiger partial charge on any atom is -0.466 e.